The fourth-order valence-electron chi connectivity index (χ4n) is 2.87. The molecule has 2 aromatic heterocycles. The van der Waals surface area contributed by atoms with Gasteiger partial charge in [0.2, 0.25) is 0 Å². The maximum absolute atomic E-state index is 5.85. The highest BCUT2D eigenvalue weighted by Crippen LogP contribution is 2.24. The molecule has 0 saturated carbocycles. The minimum atomic E-state index is 0.769. The third-order valence-corrected chi connectivity index (χ3v) is 4.16. The molecule has 0 amide bonds. The van der Waals surface area contributed by atoms with Crippen molar-refractivity contribution in [3.05, 3.63) is 42.7 Å². The molecule has 0 fully saturated rings. The van der Waals surface area contributed by atoms with E-state index in [9.17, 15) is 0 Å². The SMILES string of the molecule is CCCCCCCCOc1cnc2c(ccc3cccnc32)c1. The summed E-state index contributed by atoms with van der Waals surface area (Å²) >= 11 is 0. The number of hydrogen-bond donors (Lipinski definition) is 0. The maximum atomic E-state index is 5.85. The predicted octanol–water partition coefficient (Wildman–Crippen LogP) is 5.52. The average molecular weight is 308 g/mol. The van der Waals surface area contributed by atoms with E-state index in [2.05, 4.69) is 41.2 Å². The lowest BCUT2D eigenvalue weighted by atomic mass is 10.1. The number of pyridine rings is 2. The summed E-state index contributed by atoms with van der Waals surface area (Å²) in [7, 11) is 0. The number of rotatable bonds is 8. The predicted molar refractivity (Wildman–Crippen MR) is 95.9 cm³/mol. The van der Waals surface area contributed by atoms with Crippen LogP contribution in [-0.4, -0.2) is 16.6 Å². The van der Waals surface area contributed by atoms with Gasteiger partial charge in [-0.25, -0.2) is 0 Å². The van der Waals surface area contributed by atoms with Crippen LogP contribution in [0.3, 0.4) is 0 Å². The first-order valence-electron chi connectivity index (χ1n) is 8.65. The van der Waals surface area contributed by atoms with Gasteiger partial charge in [0.15, 0.2) is 0 Å². The van der Waals surface area contributed by atoms with E-state index in [1.165, 1.54) is 32.1 Å². The second-order valence-corrected chi connectivity index (χ2v) is 6.00. The Bertz CT molecular complexity index is 770. The lowest BCUT2D eigenvalue weighted by Gasteiger charge is -2.08. The Kier molecular flexibility index (Phi) is 5.41. The Morgan fingerprint density at radius 1 is 0.870 bits per heavy atom. The first-order valence-corrected chi connectivity index (χ1v) is 8.65. The van der Waals surface area contributed by atoms with Crippen LogP contribution < -0.4 is 4.74 Å². The van der Waals surface area contributed by atoms with Crippen LogP contribution in [-0.2, 0) is 0 Å². The lowest BCUT2D eigenvalue weighted by molar-refractivity contribution is 0.304. The van der Waals surface area contributed by atoms with Crippen molar-refractivity contribution in [3.63, 3.8) is 0 Å². The van der Waals surface area contributed by atoms with E-state index in [0.29, 0.717) is 0 Å². The van der Waals surface area contributed by atoms with Crippen molar-refractivity contribution >= 4 is 21.8 Å². The smallest absolute Gasteiger partial charge is 0.138 e. The van der Waals surface area contributed by atoms with Crippen molar-refractivity contribution in [3.8, 4) is 5.75 Å². The number of unbranched alkanes of at least 4 members (excludes halogenated alkanes) is 5. The van der Waals surface area contributed by atoms with Gasteiger partial charge in [0.05, 0.1) is 23.8 Å². The van der Waals surface area contributed by atoms with Crippen molar-refractivity contribution in [1.82, 2.24) is 9.97 Å². The van der Waals surface area contributed by atoms with Crippen molar-refractivity contribution in [1.29, 1.82) is 0 Å². The number of hydrogen-bond acceptors (Lipinski definition) is 3. The molecule has 3 rings (SSSR count). The zero-order valence-corrected chi connectivity index (χ0v) is 13.8. The van der Waals surface area contributed by atoms with E-state index in [4.69, 9.17) is 4.74 Å². The van der Waals surface area contributed by atoms with Crippen LogP contribution in [0.1, 0.15) is 45.4 Å². The molecule has 0 bridgehead atoms. The van der Waals surface area contributed by atoms with Crippen LogP contribution >= 0.6 is 0 Å². The normalized spacial score (nSPS) is 11.2. The van der Waals surface area contributed by atoms with Gasteiger partial charge in [0, 0.05) is 17.0 Å². The molecule has 0 atom stereocenters. The first kappa shape index (κ1) is 15.7. The molecule has 0 aliphatic rings. The van der Waals surface area contributed by atoms with Gasteiger partial charge in [-0.3, -0.25) is 9.97 Å². The standard InChI is InChI=1S/C20H24N2O/c1-2-3-4-5-6-7-13-23-18-14-17-11-10-16-9-8-12-21-19(16)20(17)22-15-18/h8-12,14-15H,2-7,13H2,1H3. The van der Waals surface area contributed by atoms with Crippen molar-refractivity contribution < 1.29 is 4.74 Å². The molecule has 0 saturated heterocycles. The van der Waals surface area contributed by atoms with E-state index in [-0.39, 0.29) is 0 Å². The highest BCUT2D eigenvalue weighted by Gasteiger charge is 2.04. The number of aromatic nitrogens is 2. The van der Waals surface area contributed by atoms with Crippen LogP contribution in [0.5, 0.6) is 5.75 Å². The molecule has 2 heterocycles. The fourth-order valence-corrected chi connectivity index (χ4v) is 2.87. The molecule has 3 nitrogen and oxygen atoms in total. The topological polar surface area (TPSA) is 35.0 Å². The lowest BCUT2D eigenvalue weighted by Crippen LogP contribution is -1.98. The highest BCUT2D eigenvalue weighted by molar-refractivity contribution is 6.02. The maximum Gasteiger partial charge on any atom is 0.138 e. The minimum Gasteiger partial charge on any atom is -0.492 e. The Hall–Kier alpha value is -2.16. The van der Waals surface area contributed by atoms with Crippen molar-refractivity contribution in [2.45, 2.75) is 45.4 Å². The summed E-state index contributed by atoms with van der Waals surface area (Å²) in [6.07, 6.45) is 11.3. The molecule has 0 N–H and O–H groups in total. The molecule has 0 unspecified atom stereocenters. The molecule has 0 spiro atoms. The Balaban J connectivity index is 1.61. The van der Waals surface area contributed by atoms with Gasteiger partial charge in [-0.05, 0) is 18.6 Å². The number of ether oxygens (including phenoxy) is 1. The van der Waals surface area contributed by atoms with Gasteiger partial charge in [-0.1, -0.05) is 57.2 Å². The molecular formula is C20H24N2O. The second-order valence-electron chi connectivity index (χ2n) is 6.00. The van der Waals surface area contributed by atoms with Gasteiger partial charge < -0.3 is 4.74 Å². The number of benzene rings is 1. The summed E-state index contributed by atoms with van der Waals surface area (Å²) in [6, 6.07) is 10.2. The minimum absolute atomic E-state index is 0.769. The summed E-state index contributed by atoms with van der Waals surface area (Å²) < 4.78 is 5.85. The van der Waals surface area contributed by atoms with E-state index in [0.717, 1.165) is 40.6 Å². The quantitative estimate of drug-likeness (QED) is 0.406. The third kappa shape index (κ3) is 3.98. The molecule has 3 aromatic rings. The summed E-state index contributed by atoms with van der Waals surface area (Å²) in [5.74, 6) is 0.848. The first-order chi connectivity index (χ1) is 11.4. The van der Waals surface area contributed by atoms with Crippen LogP contribution in [0, 0.1) is 0 Å². The van der Waals surface area contributed by atoms with Crippen molar-refractivity contribution in [2.75, 3.05) is 6.61 Å². The number of nitrogens with zero attached hydrogens (tertiary/aromatic N) is 2. The summed E-state index contributed by atoms with van der Waals surface area (Å²) in [5.41, 5.74) is 1.89. The molecular weight excluding hydrogens is 284 g/mol. The zero-order valence-electron chi connectivity index (χ0n) is 13.8. The Labute approximate surface area is 137 Å². The highest BCUT2D eigenvalue weighted by atomic mass is 16.5. The van der Waals surface area contributed by atoms with Gasteiger partial charge in [-0.2, -0.15) is 0 Å². The molecule has 0 radical (unpaired) electrons. The summed E-state index contributed by atoms with van der Waals surface area (Å²) in [6.45, 7) is 3.01. The van der Waals surface area contributed by atoms with Crippen LogP contribution in [0.25, 0.3) is 21.8 Å². The van der Waals surface area contributed by atoms with E-state index in [1.807, 2.05) is 18.5 Å². The molecule has 0 aliphatic carbocycles. The number of fused-ring (bicyclic) bond motifs is 3. The Morgan fingerprint density at radius 3 is 2.57 bits per heavy atom. The van der Waals surface area contributed by atoms with E-state index < -0.39 is 0 Å². The zero-order chi connectivity index (χ0) is 15.9. The summed E-state index contributed by atoms with van der Waals surface area (Å²) in [5, 5.41) is 2.20. The molecule has 1 aromatic carbocycles. The second kappa shape index (κ2) is 7.91. The van der Waals surface area contributed by atoms with E-state index >= 15 is 0 Å². The third-order valence-electron chi connectivity index (χ3n) is 4.16. The summed E-state index contributed by atoms with van der Waals surface area (Å²) in [4.78, 5) is 9.01. The van der Waals surface area contributed by atoms with Gasteiger partial charge in [-0.15, -0.1) is 0 Å². The average Bonchev–Trinajstić information content (AvgIpc) is 2.60. The van der Waals surface area contributed by atoms with Crippen LogP contribution in [0.2, 0.25) is 0 Å². The largest absolute Gasteiger partial charge is 0.492 e. The van der Waals surface area contributed by atoms with Gasteiger partial charge >= 0.3 is 0 Å². The molecule has 0 aliphatic heterocycles. The van der Waals surface area contributed by atoms with E-state index in [1.54, 1.807) is 0 Å². The Morgan fingerprint density at radius 2 is 1.65 bits per heavy atom. The van der Waals surface area contributed by atoms with Gasteiger partial charge in [0.1, 0.15) is 5.75 Å². The van der Waals surface area contributed by atoms with Crippen molar-refractivity contribution in [2.24, 2.45) is 0 Å². The fraction of sp³-hybridized carbons (Fsp3) is 0.400. The van der Waals surface area contributed by atoms with Crippen LogP contribution in [0.4, 0.5) is 0 Å². The monoisotopic (exact) mass is 308 g/mol. The molecule has 120 valence electrons. The molecule has 3 heteroatoms. The van der Waals surface area contributed by atoms with Gasteiger partial charge in [0.25, 0.3) is 0 Å². The van der Waals surface area contributed by atoms with Crippen LogP contribution in [0.15, 0.2) is 42.7 Å². The molecule has 23 heavy (non-hydrogen) atoms.